The maximum Gasteiger partial charge on any atom is 0.157 e. The van der Waals surface area contributed by atoms with Crippen LogP contribution in [-0.4, -0.2) is 28.9 Å². The van der Waals surface area contributed by atoms with Gasteiger partial charge in [0.2, 0.25) is 0 Å². The summed E-state index contributed by atoms with van der Waals surface area (Å²) in [4.78, 5) is 0. The van der Waals surface area contributed by atoms with Crippen molar-refractivity contribution in [1.82, 2.24) is 15.5 Å². The number of hydrogen-bond acceptors (Lipinski definition) is 3. The number of piperidine rings is 1. The Morgan fingerprint density at radius 1 is 1.46 bits per heavy atom. The molecule has 1 fully saturated rings. The highest BCUT2D eigenvalue weighted by Crippen LogP contribution is 2.24. The first kappa shape index (κ1) is 8.56. The third kappa shape index (κ3) is 2.01. The van der Waals surface area contributed by atoms with Gasteiger partial charge in [0.15, 0.2) is 5.75 Å². The van der Waals surface area contributed by atoms with Gasteiger partial charge in [0, 0.05) is 0 Å². The van der Waals surface area contributed by atoms with Gasteiger partial charge >= 0.3 is 0 Å². The highest BCUT2D eigenvalue weighted by Gasteiger charge is 2.28. The van der Waals surface area contributed by atoms with E-state index >= 15 is 0 Å². The molecule has 2 heterocycles. The summed E-state index contributed by atoms with van der Waals surface area (Å²) in [6, 6.07) is 0. The van der Waals surface area contributed by atoms with E-state index in [0.29, 0.717) is 0 Å². The second-order valence-electron chi connectivity index (χ2n) is 3.74. The van der Waals surface area contributed by atoms with Crippen LogP contribution < -0.4 is 10.1 Å². The van der Waals surface area contributed by atoms with E-state index < -0.39 is 0 Å². The van der Waals surface area contributed by atoms with Crippen LogP contribution in [-0.2, 0) is 0 Å². The van der Waals surface area contributed by atoms with Gasteiger partial charge in [-0.15, -0.1) is 0 Å². The highest BCUT2D eigenvalue weighted by atomic mass is 16.5. The Bertz CT molecular complexity index is 252. The number of nitrogens with zero attached hydrogens (tertiary/aromatic N) is 1. The van der Waals surface area contributed by atoms with Crippen molar-refractivity contribution in [2.75, 3.05) is 13.1 Å². The number of ether oxygens (including phenoxy) is 1. The predicted octanol–water partition coefficient (Wildman–Crippen LogP) is 0.931. The van der Waals surface area contributed by atoms with Crippen molar-refractivity contribution < 1.29 is 4.74 Å². The van der Waals surface area contributed by atoms with E-state index in [-0.39, 0.29) is 5.60 Å². The summed E-state index contributed by atoms with van der Waals surface area (Å²) in [6.45, 7) is 4.23. The van der Waals surface area contributed by atoms with Crippen molar-refractivity contribution in [2.24, 2.45) is 0 Å². The van der Waals surface area contributed by atoms with Crippen molar-refractivity contribution in [3.8, 4) is 5.75 Å². The zero-order chi connectivity index (χ0) is 9.15. The summed E-state index contributed by atoms with van der Waals surface area (Å²) in [5.41, 5.74) is -0.0187. The van der Waals surface area contributed by atoms with Gasteiger partial charge in [-0.2, -0.15) is 5.10 Å². The van der Waals surface area contributed by atoms with Gasteiger partial charge in [-0.3, -0.25) is 5.10 Å². The second kappa shape index (κ2) is 3.38. The Kier molecular flexibility index (Phi) is 2.22. The number of H-pyrrole nitrogens is 1. The van der Waals surface area contributed by atoms with Gasteiger partial charge in [0.05, 0.1) is 12.4 Å². The van der Waals surface area contributed by atoms with Gasteiger partial charge in [0.25, 0.3) is 0 Å². The molecule has 0 radical (unpaired) electrons. The van der Waals surface area contributed by atoms with E-state index in [1.165, 1.54) is 0 Å². The van der Waals surface area contributed by atoms with Gasteiger partial charge in [-0.25, -0.2) is 0 Å². The van der Waals surface area contributed by atoms with Gasteiger partial charge in [0.1, 0.15) is 5.60 Å². The summed E-state index contributed by atoms with van der Waals surface area (Å²) in [7, 11) is 0. The van der Waals surface area contributed by atoms with Crippen molar-refractivity contribution in [2.45, 2.75) is 25.4 Å². The normalized spacial score (nSPS) is 21.3. The Morgan fingerprint density at radius 2 is 2.23 bits per heavy atom. The number of rotatable bonds is 2. The molecule has 1 saturated heterocycles. The lowest BCUT2D eigenvalue weighted by Crippen LogP contribution is -2.43. The van der Waals surface area contributed by atoms with Gasteiger partial charge in [-0.05, 0) is 32.9 Å². The Labute approximate surface area is 77.7 Å². The molecule has 4 nitrogen and oxygen atoms in total. The van der Waals surface area contributed by atoms with Crippen molar-refractivity contribution in [3.63, 3.8) is 0 Å². The average molecular weight is 181 g/mol. The number of aromatic amines is 1. The molecular formula is C9H15N3O. The topological polar surface area (TPSA) is 49.9 Å². The Morgan fingerprint density at radius 3 is 2.85 bits per heavy atom. The summed E-state index contributed by atoms with van der Waals surface area (Å²) in [6.07, 6.45) is 5.61. The van der Waals surface area contributed by atoms with E-state index in [0.717, 1.165) is 31.7 Å². The first-order valence-electron chi connectivity index (χ1n) is 4.67. The lowest BCUT2D eigenvalue weighted by Gasteiger charge is -2.33. The van der Waals surface area contributed by atoms with Crippen LogP contribution >= 0.6 is 0 Å². The lowest BCUT2D eigenvalue weighted by atomic mass is 9.94. The van der Waals surface area contributed by atoms with Crippen molar-refractivity contribution >= 4 is 0 Å². The fraction of sp³-hybridized carbons (Fsp3) is 0.667. The molecule has 13 heavy (non-hydrogen) atoms. The van der Waals surface area contributed by atoms with E-state index in [4.69, 9.17) is 4.74 Å². The molecule has 0 unspecified atom stereocenters. The Hall–Kier alpha value is -1.03. The number of hydrogen-bond donors (Lipinski definition) is 2. The van der Waals surface area contributed by atoms with Crippen LogP contribution in [0.4, 0.5) is 0 Å². The standard InChI is InChI=1S/C9H15N3O/c1-9(2-4-10-5-3-9)13-8-6-11-12-7-8/h6-7,10H,2-5H2,1H3,(H,11,12). The summed E-state index contributed by atoms with van der Waals surface area (Å²) < 4.78 is 5.85. The average Bonchev–Trinajstić information content (AvgIpc) is 2.57. The largest absolute Gasteiger partial charge is 0.484 e. The fourth-order valence-corrected chi connectivity index (χ4v) is 1.64. The molecule has 0 aromatic carbocycles. The smallest absolute Gasteiger partial charge is 0.157 e. The highest BCUT2D eigenvalue weighted by molar-refractivity contribution is 5.12. The molecule has 1 aromatic heterocycles. The van der Waals surface area contributed by atoms with Crippen LogP contribution in [0.2, 0.25) is 0 Å². The maximum atomic E-state index is 5.85. The van der Waals surface area contributed by atoms with Crippen molar-refractivity contribution in [3.05, 3.63) is 12.4 Å². The molecule has 2 N–H and O–H groups in total. The molecule has 0 amide bonds. The van der Waals surface area contributed by atoms with Crippen LogP contribution in [0, 0.1) is 0 Å². The van der Waals surface area contributed by atoms with Crippen LogP contribution in [0.25, 0.3) is 0 Å². The molecule has 0 saturated carbocycles. The molecule has 1 aromatic rings. The second-order valence-corrected chi connectivity index (χ2v) is 3.74. The lowest BCUT2D eigenvalue weighted by molar-refractivity contribution is 0.0556. The Balaban J connectivity index is 1.99. The minimum atomic E-state index is -0.0187. The molecule has 0 aliphatic carbocycles. The first-order chi connectivity index (χ1) is 6.29. The molecule has 4 heteroatoms. The monoisotopic (exact) mass is 181 g/mol. The molecule has 0 bridgehead atoms. The molecule has 0 atom stereocenters. The van der Waals surface area contributed by atoms with Crippen LogP contribution in [0.1, 0.15) is 19.8 Å². The molecule has 2 rings (SSSR count). The van der Waals surface area contributed by atoms with Crippen LogP contribution in [0.15, 0.2) is 12.4 Å². The molecule has 0 spiro atoms. The molecule has 1 aliphatic rings. The number of aromatic nitrogens is 2. The maximum absolute atomic E-state index is 5.85. The SMILES string of the molecule is CC1(Oc2cn[nH]c2)CCNCC1. The van der Waals surface area contributed by atoms with Crippen LogP contribution in [0.5, 0.6) is 5.75 Å². The summed E-state index contributed by atoms with van der Waals surface area (Å²) >= 11 is 0. The molecule has 1 aliphatic heterocycles. The number of nitrogens with one attached hydrogen (secondary N) is 2. The zero-order valence-corrected chi connectivity index (χ0v) is 7.84. The van der Waals surface area contributed by atoms with Gasteiger partial charge < -0.3 is 10.1 Å². The molecule has 72 valence electrons. The van der Waals surface area contributed by atoms with E-state index in [9.17, 15) is 0 Å². The van der Waals surface area contributed by atoms with E-state index in [1.54, 1.807) is 12.4 Å². The first-order valence-corrected chi connectivity index (χ1v) is 4.67. The predicted molar refractivity (Wildman–Crippen MR) is 49.7 cm³/mol. The van der Waals surface area contributed by atoms with E-state index in [2.05, 4.69) is 22.4 Å². The fourth-order valence-electron chi connectivity index (χ4n) is 1.64. The molecular weight excluding hydrogens is 166 g/mol. The summed E-state index contributed by atoms with van der Waals surface area (Å²) in [5, 5.41) is 9.92. The third-order valence-corrected chi connectivity index (χ3v) is 2.50. The minimum absolute atomic E-state index is 0.0187. The van der Waals surface area contributed by atoms with Crippen molar-refractivity contribution in [1.29, 1.82) is 0 Å². The summed E-state index contributed by atoms with van der Waals surface area (Å²) in [5.74, 6) is 0.837. The quantitative estimate of drug-likeness (QED) is 0.713. The minimum Gasteiger partial charge on any atom is -0.484 e. The zero-order valence-electron chi connectivity index (χ0n) is 7.84. The van der Waals surface area contributed by atoms with Crippen LogP contribution in [0.3, 0.4) is 0 Å². The van der Waals surface area contributed by atoms with Gasteiger partial charge in [-0.1, -0.05) is 0 Å². The third-order valence-electron chi connectivity index (χ3n) is 2.50. The van der Waals surface area contributed by atoms with E-state index in [1.807, 2.05) is 0 Å².